The van der Waals surface area contributed by atoms with Crippen LogP contribution in [0.4, 0.5) is 13.2 Å². The van der Waals surface area contributed by atoms with Crippen LogP contribution in [0.2, 0.25) is 0 Å². The van der Waals surface area contributed by atoms with Gasteiger partial charge in [0.1, 0.15) is 11.3 Å². The van der Waals surface area contributed by atoms with E-state index in [1.807, 2.05) is 0 Å². The summed E-state index contributed by atoms with van der Waals surface area (Å²) >= 11 is 0. The first-order valence-corrected chi connectivity index (χ1v) is 8.19. The van der Waals surface area contributed by atoms with Gasteiger partial charge in [-0.05, 0) is 50.9 Å². The Kier molecular flexibility index (Phi) is 3.41. The highest BCUT2D eigenvalue weighted by Gasteiger charge is 2.57. The van der Waals surface area contributed by atoms with Crippen molar-refractivity contribution in [3.05, 3.63) is 29.5 Å². The molecule has 134 valence electrons. The second kappa shape index (κ2) is 5.20. The lowest BCUT2D eigenvalue weighted by atomic mass is 9.95. The number of alkyl halides is 3. The highest BCUT2D eigenvalue weighted by Crippen LogP contribution is 2.49. The van der Waals surface area contributed by atoms with Crippen molar-refractivity contribution in [2.75, 3.05) is 13.1 Å². The van der Waals surface area contributed by atoms with Gasteiger partial charge in [-0.25, -0.2) is 0 Å². The van der Waals surface area contributed by atoms with Gasteiger partial charge in [0, 0.05) is 11.3 Å². The Bertz CT molecular complexity index is 833. The van der Waals surface area contributed by atoms with E-state index in [-0.39, 0.29) is 22.8 Å². The van der Waals surface area contributed by atoms with Gasteiger partial charge in [0.25, 0.3) is 0 Å². The number of hydrogen-bond donors (Lipinski definition) is 2. The normalized spacial score (nSPS) is 25.9. The topological polar surface area (TPSA) is 67.2 Å². The Balaban J connectivity index is 1.63. The first-order chi connectivity index (χ1) is 11.7. The molecule has 4 rings (SSSR count). The van der Waals surface area contributed by atoms with Crippen LogP contribution in [-0.2, 0) is 16.5 Å². The summed E-state index contributed by atoms with van der Waals surface area (Å²) in [6.07, 6.45) is -4.53. The number of piperidine rings is 1. The van der Waals surface area contributed by atoms with Crippen molar-refractivity contribution in [2.45, 2.75) is 25.6 Å². The van der Waals surface area contributed by atoms with E-state index in [0.717, 1.165) is 19.2 Å². The Morgan fingerprint density at radius 1 is 1.28 bits per heavy atom. The van der Waals surface area contributed by atoms with Crippen LogP contribution in [0.1, 0.15) is 25.1 Å². The van der Waals surface area contributed by atoms with E-state index >= 15 is 0 Å². The molecule has 8 heteroatoms. The number of nitrogens with one attached hydrogen (secondary N) is 2. The van der Waals surface area contributed by atoms with Crippen LogP contribution in [0.15, 0.2) is 22.7 Å². The zero-order valence-electron chi connectivity index (χ0n) is 13.8. The third-order valence-corrected chi connectivity index (χ3v) is 5.23. The number of amides is 1. The highest BCUT2D eigenvalue weighted by atomic mass is 19.4. The van der Waals surface area contributed by atoms with Gasteiger partial charge in [0.15, 0.2) is 5.58 Å². The molecule has 2 fully saturated rings. The Morgan fingerprint density at radius 2 is 1.96 bits per heavy atom. The van der Waals surface area contributed by atoms with Crippen molar-refractivity contribution in [1.29, 1.82) is 0 Å². The van der Waals surface area contributed by atoms with Gasteiger partial charge in [-0.15, -0.1) is 0 Å². The fourth-order valence-corrected chi connectivity index (χ4v) is 3.89. The molecule has 1 aliphatic heterocycles. The predicted molar refractivity (Wildman–Crippen MR) is 83.5 cm³/mol. The lowest BCUT2D eigenvalue weighted by molar-refractivity contribution is -0.137. The van der Waals surface area contributed by atoms with Crippen molar-refractivity contribution < 1.29 is 22.5 Å². The lowest BCUT2D eigenvalue weighted by Gasteiger charge is -2.24. The van der Waals surface area contributed by atoms with Gasteiger partial charge in [-0.3, -0.25) is 4.79 Å². The van der Waals surface area contributed by atoms with Crippen molar-refractivity contribution in [3.8, 4) is 0 Å². The van der Waals surface area contributed by atoms with Gasteiger partial charge in [0.05, 0.1) is 5.54 Å². The zero-order valence-corrected chi connectivity index (χ0v) is 13.8. The van der Waals surface area contributed by atoms with Crippen molar-refractivity contribution in [3.63, 3.8) is 0 Å². The molecule has 0 spiro atoms. The number of halogens is 3. The average molecular weight is 353 g/mol. The second-order valence-electron chi connectivity index (χ2n) is 7.34. The molecular formula is C17H18F3N3O2. The molecule has 25 heavy (non-hydrogen) atoms. The lowest BCUT2D eigenvalue weighted by Crippen LogP contribution is -2.43. The molecule has 1 saturated heterocycles. The quantitative estimate of drug-likeness (QED) is 0.890. The SMILES string of the molecule is CC(C)(NC(=O)C1[C@H]2CNC[C@@H]12)c1noc2c(C(F)(F)F)cccc12. The molecule has 2 aromatic rings. The van der Waals surface area contributed by atoms with Gasteiger partial charge < -0.3 is 15.2 Å². The number of rotatable bonds is 3. The molecule has 5 nitrogen and oxygen atoms in total. The summed E-state index contributed by atoms with van der Waals surface area (Å²) in [6, 6.07) is 3.81. The predicted octanol–water partition coefficient (Wildman–Crippen LogP) is 2.66. The third kappa shape index (κ3) is 2.59. The summed E-state index contributed by atoms with van der Waals surface area (Å²) in [5.74, 6) is 0.623. The molecule has 1 unspecified atom stereocenters. The smallest absolute Gasteiger partial charge is 0.355 e. The summed E-state index contributed by atoms with van der Waals surface area (Å²) in [7, 11) is 0. The number of fused-ring (bicyclic) bond motifs is 2. The number of carbonyl (C=O) groups excluding carboxylic acids is 1. The monoisotopic (exact) mass is 353 g/mol. The van der Waals surface area contributed by atoms with Crippen molar-refractivity contribution in [1.82, 2.24) is 15.8 Å². The van der Waals surface area contributed by atoms with Gasteiger partial charge in [0.2, 0.25) is 5.91 Å². The third-order valence-electron chi connectivity index (χ3n) is 5.23. The molecule has 0 radical (unpaired) electrons. The molecule has 1 amide bonds. The van der Waals surface area contributed by atoms with Gasteiger partial charge in [-0.2, -0.15) is 13.2 Å². The summed E-state index contributed by atoms with van der Waals surface area (Å²) in [5, 5.41) is 10.3. The Labute approximate surface area is 141 Å². The molecular weight excluding hydrogens is 335 g/mol. The minimum absolute atomic E-state index is 0.0237. The van der Waals surface area contributed by atoms with Crippen LogP contribution < -0.4 is 10.6 Å². The molecule has 2 aliphatic rings. The summed E-state index contributed by atoms with van der Waals surface area (Å²) < 4.78 is 44.3. The fraction of sp³-hybridized carbons (Fsp3) is 0.529. The first kappa shape index (κ1) is 16.4. The number of hydrogen-bond acceptors (Lipinski definition) is 4. The fourth-order valence-electron chi connectivity index (χ4n) is 3.89. The number of nitrogens with zero attached hydrogens (tertiary/aromatic N) is 1. The molecule has 1 aromatic heterocycles. The summed E-state index contributed by atoms with van der Waals surface area (Å²) in [6.45, 7) is 5.12. The van der Waals surface area contributed by atoms with E-state index in [0.29, 0.717) is 17.5 Å². The van der Waals surface area contributed by atoms with Crippen LogP contribution in [-0.4, -0.2) is 24.2 Å². The first-order valence-electron chi connectivity index (χ1n) is 8.19. The average Bonchev–Trinajstić information content (AvgIpc) is 2.89. The number of aromatic nitrogens is 1. The van der Waals surface area contributed by atoms with E-state index in [1.165, 1.54) is 12.1 Å². The molecule has 2 N–H and O–H groups in total. The van der Waals surface area contributed by atoms with Gasteiger partial charge >= 0.3 is 6.18 Å². The van der Waals surface area contributed by atoms with Crippen LogP contribution in [0.3, 0.4) is 0 Å². The Morgan fingerprint density at radius 3 is 2.60 bits per heavy atom. The minimum Gasteiger partial charge on any atom is -0.355 e. The van der Waals surface area contributed by atoms with Crippen LogP contribution >= 0.6 is 0 Å². The molecule has 3 atom stereocenters. The Hall–Kier alpha value is -2.09. The minimum atomic E-state index is -4.53. The zero-order chi connectivity index (χ0) is 18.0. The van der Waals surface area contributed by atoms with Crippen LogP contribution in [0.25, 0.3) is 11.0 Å². The summed E-state index contributed by atoms with van der Waals surface area (Å²) in [5.41, 5.74) is -1.81. The van der Waals surface area contributed by atoms with Crippen molar-refractivity contribution >= 4 is 16.9 Å². The molecule has 1 aliphatic carbocycles. The van der Waals surface area contributed by atoms with Crippen LogP contribution in [0.5, 0.6) is 0 Å². The standard InChI is InChI=1S/C17H18F3N3O2/c1-16(2,22-15(24)12-9-6-21-7-10(9)12)14-8-4-3-5-11(17(18,19)20)13(8)25-23-14/h3-5,9-10,12,21H,6-7H2,1-2H3,(H,22,24)/t9-,10+,12?. The summed E-state index contributed by atoms with van der Waals surface area (Å²) in [4.78, 5) is 12.5. The maximum atomic E-state index is 13.1. The van der Waals surface area contributed by atoms with E-state index < -0.39 is 17.3 Å². The molecule has 0 bridgehead atoms. The van der Waals surface area contributed by atoms with E-state index in [1.54, 1.807) is 13.8 Å². The number of benzene rings is 1. The molecule has 2 heterocycles. The van der Waals surface area contributed by atoms with Gasteiger partial charge in [-0.1, -0.05) is 11.2 Å². The van der Waals surface area contributed by atoms with Crippen molar-refractivity contribution in [2.24, 2.45) is 17.8 Å². The van der Waals surface area contributed by atoms with Crippen LogP contribution in [0, 0.1) is 17.8 Å². The maximum Gasteiger partial charge on any atom is 0.420 e. The van der Waals surface area contributed by atoms with E-state index in [9.17, 15) is 18.0 Å². The van der Waals surface area contributed by atoms with E-state index in [2.05, 4.69) is 15.8 Å². The molecule has 1 saturated carbocycles. The largest absolute Gasteiger partial charge is 0.420 e. The number of carbonyl (C=O) groups is 1. The second-order valence-corrected chi connectivity index (χ2v) is 7.34. The number of para-hydroxylation sites is 1. The highest BCUT2D eigenvalue weighted by molar-refractivity contribution is 5.86. The molecule has 1 aromatic carbocycles. The van der Waals surface area contributed by atoms with E-state index in [4.69, 9.17) is 4.52 Å². The maximum absolute atomic E-state index is 13.1.